The van der Waals surface area contributed by atoms with E-state index in [1.54, 1.807) is 6.20 Å². The van der Waals surface area contributed by atoms with E-state index in [9.17, 15) is 28.1 Å². The third-order valence-electron chi connectivity index (χ3n) is 6.96. The quantitative estimate of drug-likeness (QED) is 0.355. The van der Waals surface area contributed by atoms with Crippen LogP contribution in [-0.4, -0.2) is 64.7 Å². The minimum atomic E-state index is -4.82. The monoisotopic (exact) mass is 564 g/mol. The van der Waals surface area contributed by atoms with Crippen molar-refractivity contribution in [1.29, 1.82) is 0 Å². The summed E-state index contributed by atoms with van der Waals surface area (Å²) < 4.78 is 46.0. The molecule has 13 heteroatoms. The van der Waals surface area contributed by atoms with E-state index < -0.39 is 22.4 Å². The highest BCUT2D eigenvalue weighted by atomic mass is 19.4. The molecule has 4 rings (SSSR count). The molecule has 0 bridgehead atoms. The Morgan fingerprint density at radius 2 is 1.73 bits per heavy atom. The van der Waals surface area contributed by atoms with Crippen LogP contribution in [-0.2, 0) is 6.18 Å². The standard InChI is InChI=1S/C27H35F3N6O4/c1-26(2,3)33-25(37)35-14-12-34(13-15-35)20-10-11-31-24(17-20)40-21-7-4-18(5-8-21)32-19-6-9-23(36(38)39)22(16-19)27(28,29)30/h6,9-11,16-18,21,32H,4-5,7-8,12-15H2,1-3H3,(H,33,37). The fourth-order valence-corrected chi connectivity index (χ4v) is 4.97. The summed E-state index contributed by atoms with van der Waals surface area (Å²) >= 11 is 0. The summed E-state index contributed by atoms with van der Waals surface area (Å²) in [7, 11) is 0. The number of piperazine rings is 1. The van der Waals surface area contributed by atoms with E-state index >= 15 is 0 Å². The normalized spacial score (nSPS) is 20.1. The van der Waals surface area contributed by atoms with Crippen LogP contribution in [0.5, 0.6) is 5.88 Å². The van der Waals surface area contributed by atoms with E-state index in [1.807, 2.05) is 37.8 Å². The number of amides is 2. The maximum Gasteiger partial charge on any atom is 0.423 e. The predicted octanol–water partition coefficient (Wildman–Crippen LogP) is 5.44. The molecule has 0 atom stereocenters. The Morgan fingerprint density at radius 1 is 1.05 bits per heavy atom. The first-order valence-corrected chi connectivity index (χ1v) is 13.4. The number of hydrogen-bond donors (Lipinski definition) is 2. The molecule has 2 fully saturated rings. The first-order chi connectivity index (χ1) is 18.8. The second-order valence-electron chi connectivity index (χ2n) is 11.2. The van der Waals surface area contributed by atoms with Gasteiger partial charge in [-0.15, -0.1) is 0 Å². The largest absolute Gasteiger partial charge is 0.474 e. The Hall–Kier alpha value is -3.77. The molecule has 10 nitrogen and oxygen atoms in total. The number of benzene rings is 1. The summed E-state index contributed by atoms with van der Waals surface area (Å²) in [5.41, 5.74) is -1.34. The molecule has 2 aromatic rings. The van der Waals surface area contributed by atoms with Crippen LogP contribution in [0.2, 0.25) is 0 Å². The number of urea groups is 1. The van der Waals surface area contributed by atoms with Gasteiger partial charge in [-0.25, -0.2) is 9.78 Å². The van der Waals surface area contributed by atoms with Crippen molar-refractivity contribution < 1.29 is 27.6 Å². The number of nitrogens with one attached hydrogen (secondary N) is 2. The van der Waals surface area contributed by atoms with E-state index in [2.05, 4.69) is 20.5 Å². The van der Waals surface area contributed by atoms with E-state index in [-0.39, 0.29) is 29.4 Å². The van der Waals surface area contributed by atoms with Gasteiger partial charge in [0, 0.05) is 67.5 Å². The van der Waals surface area contributed by atoms with Crippen molar-refractivity contribution >= 4 is 23.1 Å². The number of halogens is 3. The molecule has 2 heterocycles. The number of pyridine rings is 1. The molecule has 2 amide bonds. The number of carbonyl (C=O) groups is 1. The maximum atomic E-state index is 13.3. The fourth-order valence-electron chi connectivity index (χ4n) is 4.97. The number of ether oxygens (including phenoxy) is 1. The highest BCUT2D eigenvalue weighted by Crippen LogP contribution is 2.38. The van der Waals surface area contributed by atoms with Gasteiger partial charge in [-0.2, -0.15) is 13.2 Å². The van der Waals surface area contributed by atoms with Gasteiger partial charge in [0.1, 0.15) is 11.7 Å². The molecule has 0 radical (unpaired) electrons. The Bertz CT molecular complexity index is 1200. The SMILES string of the molecule is CC(C)(C)NC(=O)N1CCN(c2ccnc(OC3CCC(Nc4ccc([N+](=O)[O-])c(C(F)(F)F)c4)CC3)c2)CC1. The number of nitrogens with zero attached hydrogens (tertiary/aromatic N) is 4. The number of hydrogen-bond acceptors (Lipinski definition) is 7. The zero-order chi connectivity index (χ0) is 29.1. The molecule has 1 aliphatic carbocycles. The number of nitro benzene ring substituents is 1. The summed E-state index contributed by atoms with van der Waals surface area (Å²) in [6, 6.07) is 6.66. The summed E-state index contributed by atoms with van der Waals surface area (Å²) in [6.45, 7) is 8.46. The van der Waals surface area contributed by atoms with Crippen LogP contribution in [0.4, 0.5) is 35.0 Å². The summed E-state index contributed by atoms with van der Waals surface area (Å²) in [5.74, 6) is 0.506. The second-order valence-corrected chi connectivity index (χ2v) is 11.2. The van der Waals surface area contributed by atoms with Crippen LogP contribution in [0, 0.1) is 10.1 Å². The smallest absolute Gasteiger partial charge is 0.423 e. The van der Waals surface area contributed by atoms with Crippen LogP contribution in [0.3, 0.4) is 0 Å². The van der Waals surface area contributed by atoms with Gasteiger partial charge < -0.3 is 25.2 Å². The average Bonchev–Trinajstić information content (AvgIpc) is 2.88. The minimum absolute atomic E-state index is 0.0645. The summed E-state index contributed by atoms with van der Waals surface area (Å²) in [6.07, 6.45) is -0.497. The van der Waals surface area contributed by atoms with Crippen molar-refractivity contribution in [2.24, 2.45) is 0 Å². The molecule has 1 aromatic heterocycles. The van der Waals surface area contributed by atoms with Crippen LogP contribution >= 0.6 is 0 Å². The van der Waals surface area contributed by atoms with Crippen molar-refractivity contribution in [1.82, 2.24) is 15.2 Å². The molecule has 1 saturated heterocycles. The summed E-state index contributed by atoms with van der Waals surface area (Å²) in [4.78, 5) is 30.8. The molecule has 2 N–H and O–H groups in total. The van der Waals surface area contributed by atoms with Crippen molar-refractivity contribution in [2.75, 3.05) is 36.4 Å². The fraction of sp³-hybridized carbons (Fsp3) is 0.556. The zero-order valence-electron chi connectivity index (χ0n) is 22.8. The zero-order valence-corrected chi connectivity index (χ0v) is 22.8. The first-order valence-electron chi connectivity index (χ1n) is 13.4. The van der Waals surface area contributed by atoms with Crippen LogP contribution in [0.25, 0.3) is 0 Å². The van der Waals surface area contributed by atoms with Crippen LogP contribution < -0.4 is 20.3 Å². The van der Waals surface area contributed by atoms with E-state index in [1.165, 1.54) is 6.07 Å². The molecule has 0 spiro atoms. The summed E-state index contributed by atoms with van der Waals surface area (Å²) in [5, 5.41) is 17.1. The van der Waals surface area contributed by atoms with Crippen molar-refractivity contribution in [3.63, 3.8) is 0 Å². The van der Waals surface area contributed by atoms with Gasteiger partial charge in [0.15, 0.2) is 0 Å². The number of carbonyl (C=O) groups excluding carboxylic acids is 1. The average molecular weight is 565 g/mol. The lowest BCUT2D eigenvalue weighted by molar-refractivity contribution is -0.388. The van der Waals surface area contributed by atoms with Crippen molar-refractivity contribution in [2.45, 2.75) is 70.3 Å². The molecule has 1 aliphatic heterocycles. The Balaban J connectivity index is 1.28. The highest BCUT2D eigenvalue weighted by molar-refractivity contribution is 5.75. The van der Waals surface area contributed by atoms with Crippen LogP contribution in [0.1, 0.15) is 52.0 Å². The predicted molar refractivity (Wildman–Crippen MR) is 145 cm³/mol. The highest BCUT2D eigenvalue weighted by Gasteiger charge is 2.38. The topological polar surface area (TPSA) is 113 Å². The van der Waals surface area contributed by atoms with E-state index in [0.717, 1.165) is 17.8 Å². The van der Waals surface area contributed by atoms with Gasteiger partial charge in [-0.3, -0.25) is 10.1 Å². The molecular formula is C27H35F3N6O4. The van der Waals surface area contributed by atoms with Gasteiger partial charge in [-0.1, -0.05) is 0 Å². The number of nitro groups is 1. The number of anilines is 2. The lowest BCUT2D eigenvalue weighted by Crippen LogP contribution is -2.55. The lowest BCUT2D eigenvalue weighted by Gasteiger charge is -2.37. The lowest BCUT2D eigenvalue weighted by atomic mass is 9.92. The second kappa shape index (κ2) is 11.8. The van der Waals surface area contributed by atoms with Gasteiger partial charge in [-0.05, 0) is 64.7 Å². The van der Waals surface area contributed by atoms with Gasteiger partial charge in [0.25, 0.3) is 5.69 Å². The van der Waals surface area contributed by atoms with Crippen LogP contribution in [0.15, 0.2) is 36.5 Å². The Labute approximate surface area is 231 Å². The molecule has 0 unspecified atom stereocenters. The number of alkyl halides is 3. The molecular weight excluding hydrogens is 529 g/mol. The van der Waals surface area contributed by atoms with E-state index in [0.29, 0.717) is 57.7 Å². The first kappa shape index (κ1) is 29.2. The molecule has 2 aliphatic rings. The maximum absolute atomic E-state index is 13.3. The number of aromatic nitrogens is 1. The van der Waals surface area contributed by atoms with Crippen molar-refractivity contribution in [3.05, 3.63) is 52.2 Å². The van der Waals surface area contributed by atoms with Gasteiger partial charge in [0.05, 0.1) is 4.92 Å². The third kappa shape index (κ3) is 7.66. The minimum Gasteiger partial charge on any atom is -0.474 e. The van der Waals surface area contributed by atoms with Crippen molar-refractivity contribution in [3.8, 4) is 5.88 Å². The Morgan fingerprint density at radius 3 is 2.33 bits per heavy atom. The molecule has 1 saturated carbocycles. The van der Waals surface area contributed by atoms with Gasteiger partial charge >= 0.3 is 12.2 Å². The molecule has 40 heavy (non-hydrogen) atoms. The Kier molecular flexibility index (Phi) is 8.59. The van der Waals surface area contributed by atoms with E-state index in [4.69, 9.17) is 4.74 Å². The molecule has 218 valence electrons. The number of rotatable bonds is 6. The van der Waals surface area contributed by atoms with Gasteiger partial charge in [0.2, 0.25) is 5.88 Å². The third-order valence-corrected chi connectivity index (χ3v) is 6.96. The molecule has 1 aromatic carbocycles.